The van der Waals surface area contributed by atoms with Gasteiger partial charge in [-0.25, -0.2) is 17.5 Å². The zero-order chi connectivity index (χ0) is 16.5. The fourth-order valence-corrected chi connectivity index (χ4v) is 3.38. The van der Waals surface area contributed by atoms with E-state index in [0.29, 0.717) is 12.1 Å². The van der Waals surface area contributed by atoms with Crippen LogP contribution in [0.25, 0.3) is 0 Å². The quantitative estimate of drug-likeness (QED) is 0.817. The maximum absolute atomic E-state index is 13.6. The van der Waals surface area contributed by atoms with E-state index in [1.807, 2.05) is 0 Å². The monoisotopic (exact) mass is 340 g/mol. The van der Waals surface area contributed by atoms with Crippen LogP contribution in [0.2, 0.25) is 0 Å². The summed E-state index contributed by atoms with van der Waals surface area (Å²) in [5, 5.41) is 2.42. The van der Waals surface area contributed by atoms with Gasteiger partial charge in [-0.3, -0.25) is 4.79 Å². The summed E-state index contributed by atoms with van der Waals surface area (Å²) in [5.74, 6) is -1.53. The summed E-state index contributed by atoms with van der Waals surface area (Å²) >= 11 is 0. The second kappa shape index (κ2) is 5.84. The average Bonchev–Trinajstić information content (AvgIpc) is 2.40. The van der Waals surface area contributed by atoms with Gasteiger partial charge in [0.25, 0.3) is 0 Å². The zero-order valence-electron chi connectivity index (χ0n) is 11.1. The van der Waals surface area contributed by atoms with Gasteiger partial charge in [-0.2, -0.15) is 13.2 Å². The molecule has 122 valence electrons. The van der Waals surface area contributed by atoms with E-state index in [4.69, 9.17) is 0 Å². The Morgan fingerprint density at radius 3 is 2.50 bits per heavy atom. The first-order valence-corrected chi connectivity index (χ1v) is 7.74. The zero-order valence-corrected chi connectivity index (χ0v) is 11.9. The van der Waals surface area contributed by atoms with Gasteiger partial charge < -0.3 is 5.32 Å². The average molecular weight is 340 g/mol. The first-order chi connectivity index (χ1) is 10.1. The summed E-state index contributed by atoms with van der Waals surface area (Å²) < 4.78 is 77.6. The smallest absolute Gasteiger partial charge is 0.355 e. The van der Waals surface area contributed by atoms with Crippen LogP contribution in [0, 0.1) is 5.82 Å². The number of nitrogens with one attached hydrogen (secondary N) is 2. The standard InChI is InChI=1S/C12H12F4N2O3S/c13-9-3-1-7(12(14,15)16)5-10(9)22(20,21)18-8-2-4-11(19)17-6-8/h1,3,5,8,18H,2,4,6H2,(H,17,19)/t8-/m1/s1. The van der Waals surface area contributed by atoms with Crippen molar-refractivity contribution in [2.75, 3.05) is 6.54 Å². The van der Waals surface area contributed by atoms with Gasteiger partial charge in [0.05, 0.1) is 5.56 Å². The predicted octanol–water partition coefficient (Wildman–Crippen LogP) is 1.40. The largest absolute Gasteiger partial charge is 0.416 e. The molecule has 5 nitrogen and oxygen atoms in total. The van der Waals surface area contributed by atoms with E-state index in [1.165, 1.54) is 0 Å². The van der Waals surface area contributed by atoms with Gasteiger partial charge in [0.2, 0.25) is 15.9 Å². The lowest BCUT2D eigenvalue weighted by molar-refractivity contribution is -0.137. The Labute approximate surface area is 123 Å². The van der Waals surface area contributed by atoms with E-state index >= 15 is 0 Å². The number of benzene rings is 1. The molecule has 2 rings (SSSR count). The van der Waals surface area contributed by atoms with Crippen molar-refractivity contribution in [2.24, 2.45) is 0 Å². The van der Waals surface area contributed by atoms with Crippen molar-refractivity contribution in [1.82, 2.24) is 10.0 Å². The minimum Gasteiger partial charge on any atom is -0.355 e. The van der Waals surface area contributed by atoms with Crippen molar-refractivity contribution in [3.63, 3.8) is 0 Å². The number of hydrogen-bond acceptors (Lipinski definition) is 3. The highest BCUT2D eigenvalue weighted by Gasteiger charge is 2.34. The van der Waals surface area contributed by atoms with Gasteiger partial charge >= 0.3 is 6.18 Å². The molecule has 1 aliphatic heterocycles. The van der Waals surface area contributed by atoms with E-state index in [0.717, 1.165) is 0 Å². The van der Waals surface area contributed by atoms with Crippen molar-refractivity contribution in [3.05, 3.63) is 29.6 Å². The van der Waals surface area contributed by atoms with Crippen LogP contribution in [0.4, 0.5) is 17.6 Å². The molecule has 1 fully saturated rings. The van der Waals surface area contributed by atoms with Crippen molar-refractivity contribution >= 4 is 15.9 Å². The molecule has 1 amide bonds. The number of carbonyl (C=O) groups is 1. The number of amides is 1. The fourth-order valence-electron chi connectivity index (χ4n) is 2.00. The molecule has 0 unspecified atom stereocenters. The fraction of sp³-hybridized carbons (Fsp3) is 0.417. The molecule has 1 atom stereocenters. The first-order valence-electron chi connectivity index (χ1n) is 6.25. The lowest BCUT2D eigenvalue weighted by Gasteiger charge is -2.23. The molecule has 22 heavy (non-hydrogen) atoms. The third-order valence-electron chi connectivity index (χ3n) is 3.14. The molecule has 0 radical (unpaired) electrons. The van der Waals surface area contributed by atoms with Crippen LogP contribution in [-0.2, 0) is 21.0 Å². The lowest BCUT2D eigenvalue weighted by atomic mass is 10.1. The van der Waals surface area contributed by atoms with Crippen LogP contribution < -0.4 is 10.0 Å². The summed E-state index contributed by atoms with van der Waals surface area (Å²) in [6.07, 6.45) is -4.51. The molecular formula is C12H12F4N2O3S. The summed E-state index contributed by atoms with van der Waals surface area (Å²) in [4.78, 5) is 9.91. The third kappa shape index (κ3) is 3.74. The molecule has 0 bridgehead atoms. The molecule has 0 aliphatic carbocycles. The van der Waals surface area contributed by atoms with Crippen LogP contribution in [0.1, 0.15) is 18.4 Å². The summed E-state index contributed by atoms with van der Waals surface area (Å²) in [6, 6.07) is 0.477. The van der Waals surface area contributed by atoms with Crippen LogP contribution >= 0.6 is 0 Å². The highest BCUT2D eigenvalue weighted by molar-refractivity contribution is 7.89. The Morgan fingerprint density at radius 1 is 1.27 bits per heavy atom. The van der Waals surface area contributed by atoms with Crippen LogP contribution in [0.15, 0.2) is 23.1 Å². The molecule has 1 aromatic rings. The Hall–Kier alpha value is -1.68. The highest BCUT2D eigenvalue weighted by Crippen LogP contribution is 2.31. The lowest BCUT2D eigenvalue weighted by Crippen LogP contribution is -2.47. The normalized spacial score (nSPS) is 19.8. The molecule has 0 aromatic heterocycles. The van der Waals surface area contributed by atoms with Crippen LogP contribution in [0.5, 0.6) is 0 Å². The van der Waals surface area contributed by atoms with Crippen molar-refractivity contribution in [2.45, 2.75) is 30.0 Å². The van der Waals surface area contributed by atoms with Crippen LogP contribution in [-0.4, -0.2) is 26.9 Å². The Bertz CT molecular complexity index is 678. The van der Waals surface area contributed by atoms with Crippen LogP contribution in [0.3, 0.4) is 0 Å². The Balaban J connectivity index is 2.27. The third-order valence-corrected chi connectivity index (χ3v) is 4.67. The van der Waals surface area contributed by atoms with Gasteiger partial charge in [0, 0.05) is 19.0 Å². The Morgan fingerprint density at radius 2 is 1.95 bits per heavy atom. The summed E-state index contributed by atoms with van der Waals surface area (Å²) in [7, 11) is -4.47. The van der Waals surface area contributed by atoms with E-state index in [-0.39, 0.29) is 31.4 Å². The second-order valence-electron chi connectivity index (χ2n) is 4.80. The number of carbonyl (C=O) groups excluding carboxylic acids is 1. The minimum absolute atomic E-state index is 0.00135. The number of piperidine rings is 1. The van der Waals surface area contributed by atoms with Gasteiger partial charge in [-0.05, 0) is 24.6 Å². The maximum Gasteiger partial charge on any atom is 0.416 e. The molecule has 0 spiro atoms. The SMILES string of the molecule is O=C1CC[C@@H](NS(=O)(=O)c2cc(C(F)(F)F)ccc2F)CN1. The summed E-state index contributed by atoms with van der Waals surface area (Å²) in [5.41, 5.74) is -1.26. The topological polar surface area (TPSA) is 75.3 Å². The van der Waals surface area contributed by atoms with Gasteiger partial charge in [0.15, 0.2) is 0 Å². The van der Waals surface area contributed by atoms with Gasteiger partial charge in [-0.1, -0.05) is 0 Å². The predicted molar refractivity (Wildman–Crippen MR) is 67.8 cm³/mol. The molecule has 10 heteroatoms. The molecular weight excluding hydrogens is 328 g/mol. The number of halogens is 4. The molecule has 1 heterocycles. The molecule has 1 aromatic carbocycles. The van der Waals surface area contributed by atoms with E-state index in [2.05, 4.69) is 10.0 Å². The number of sulfonamides is 1. The maximum atomic E-state index is 13.6. The van der Waals surface area contributed by atoms with E-state index in [9.17, 15) is 30.8 Å². The molecule has 1 saturated heterocycles. The molecule has 0 saturated carbocycles. The summed E-state index contributed by atoms with van der Waals surface area (Å²) in [6.45, 7) is -0.00135. The van der Waals surface area contributed by atoms with Gasteiger partial charge in [0.1, 0.15) is 10.7 Å². The number of alkyl halides is 3. The van der Waals surface area contributed by atoms with Crippen molar-refractivity contribution in [3.8, 4) is 0 Å². The molecule has 2 N–H and O–H groups in total. The first kappa shape index (κ1) is 16.7. The number of hydrogen-bond donors (Lipinski definition) is 2. The van der Waals surface area contributed by atoms with Crippen molar-refractivity contribution < 1.29 is 30.8 Å². The second-order valence-corrected chi connectivity index (χ2v) is 6.49. The van der Waals surface area contributed by atoms with Gasteiger partial charge in [-0.15, -0.1) is 0 Å². The minimum atomic E-state index is -4.78. The number of rotatable bonds is 3. The van der Waals surface area contributed by atoms with E-state index < -0.39 is 38.5 Å². The molecule has 1 aliphatic rings. The van der Waals surface area contributed by atoms with E-state index in [1.54, 1.807) is 0 Å². The highest BCUT2D eigenvalue weighted by atomic mass is 32.2. The Kier molecular flexibility index (Phi) is 4.43. The van der Waals surface area contributed by atoms with Crippen molar-refractivity contribution in [1.29, 1.82) is 0 Å².